The van der Waals surface area contributed by atoms with Crippen LogP contribution in [0.2, 0.25) is 0 Å². The Labute approximate surface area is 57.5 Å². The summed E-state index contributed by atoms with van der Waals surface area (Å²) in [7, 11) is 0. The van der Waals surface area contributed by atoms with Crippen molar-refractivity contribution in [2.24, 2.45) is 0 Å². The van der Waals surface area contributed by atoms with Crippen LogP contribution in [-0.4, -0.2) is 11.0 Å². The van der Waals surface area contributed by atoms with Crippen LogP contribution in [0.25, 0.3) is 0 Å². The van der Waals surface area contributed by atoms with E-state index in [1.54, 1.807) is 0 Å². The fourth-order valence-electron chi connectivity index (χ4n) is 0.128. The van der Waals surface area contributed by atoms with Crippen molar-refractivity contribution in [2.45, 2.75) is 12.5 Å². The topological polar surface area (TPSA) is 61.3 Å². The summed E-state index contributed by atoms with van der Waals surface area (Å²) < 4.78 is 4.14. The molecule has 1 unspecified atom stereocenters. The third-order valence-corrected chi connectivity index (χ3v) is 0.433. The zero-order valence-corrected chi connectivity index (χ0v) is 5.87. The van der Waals surface area contributed by atoms with E-state index in [1.807, 2.05) is 0 Å². The first-order valence-electron chi connectivity index (χ1n) is 1.63. The van der Waals surface area contributed by atoms with Crippen molar-refractivity contribution in [1.29, 1.82) is 0 Å². The van der Waals surface area contributed by atoms with Crippen molar-refractivity contribution in [2.75, 3.05) is 0 Å². The first-order chi connectivity index (χ1) is 3.13. The second-order valence-electron chi connectivity index (χ2n) is 0.898. The van der Waals surface area contributed by atoms with Crippen molar-refractivity contribution < 1.29 is 9.53 Å². The lowest BCUT2D eigenvalue weighted by molar-refractivity contribution is 0.166. The maximum absolute atomic E-state index is 9.71. The quantitative estimate of drug-likeness (QED) is 0.471. The van der Waals surface area contributed by atoms with Gasteiger partial charge in [0.25, 0.3) is 0 Å². The molecule has 0 bridgehead atoms. The predicted molar refractivity (Wildman–Crippen MR) is 32.7 cm³/mol. The summed E-state index contributed by atoms with van der Waals surface area (Å²) >= 11 is 9.87. The van der Waals surface area contributed by atoms with E-state index < -0.39 is 11.0 Å². The summed E-state index contributed by atoms with van der Waals surface area (Å²) in [6, 6.07) is 0. The van der Waals surface area contributed by atoms with Gasteiger partial charge in [-0.1, -0.05) is 11.6 Å². The average molecular weight is 160 g/mol. The molecule has 8 heavy (non-hydrogen) atoms. The predicted octanol–water partition coefficient (Wildman–Crippen LogP) is 2.11. The smallest absolute Gasteiger partial charge is 0.405 e. The van der Waals surface area contributed by atoms with Gasteiger partial charge in [0, 0.05) is 11.6 Å². The minimum Gasteiger partial charge on any atom is -0.434 e. The molecule has 1 atom stereocenters. The molecular formula is C3H7Cl2NO2. The van der Waals surface area contributed by atoms with E-state index in [4.69, 9.17) is 23.2 Å². The second-order valence-corrected chi connectivity index (χ2v) is 1.82. The van der Waals surface area contributed by atoms with Gasteiger partial charge in [0.2, 0.25) is 0 Å². The zero-order chi connectivity index (χ0) is 5.86. The standard InChI is InChI=1S/C3H4Cl2O2.H3N/c1-2(4)7-3(5)6;/h2H,1H3;1H3. The molecule has 0 aliphatic carbocycles. The average Bonchev–Trinajstić information content (AvgIpc) is 1.27. The van der Waals surface area contributed by atoms with Crippen LogP contribution in [0.5, 0.6) is 0 Å². The molecule has 0 spiro atoms. The highest BCUT2D eigenvalue weighted by Gasteiger charge is 1.98. The van der Waals surface area contributed by atoms with Gasteiger partial charge in [-0.2, -0.15) is 0 Å². The zero-order valence-electron chi connectivity index (χ0n) is 4.36. The normalized spacial score (nSPS) is 11.4. The monoisotopic (exact) mass is 159 g/mol. The number of halogens is 2. The number of rotatable bonds is 1. The van der Waals surface area contributed by atoms with Gasteiger partial charge in [-0.05, 0) is 6.92 Å². The van der Waals surface area contributed by atoms with Crippen molar-refractivity contribution in [1.82, 2.24) is 6.15 Å². The molecule has 50 valence electrons. The molecule has 0 saturated carbocycles. The van der Waals surface area contributed by atoms with Crippen molar-refractivity contribution in [3.8, 4) is 0 Å². The van der Waals surface area contributed by atoms with Crippen LogP contribution in [0.15, 0.2) is 0 Å². The first kappa shape index (κ1) is 10.9. The molecule has 3 nitrogen and oxygen atoms in total. The fourth-order valence-corrected chi connectivity index (χ4v) is 0.388. The third-order valence-electron chi connectivity index (χ3n) is 0.255. The van der Waals surface area contributed by atoms with Crippen LogP contribution >= 0.6 is 23.2 Å². The lowest BCUT2D eigenvalue weighted by atomic mass is 10.9. The van der Waals surface area contributed by atoms with Gasteiger partial charge in [-0.25, -0.2) is 4.79 Å². The molecule has 0 saturated heterocycles. The Balaban J connectivity index is 0. The van der Waals surface area contributed by atoms with Crippen LogP contribution in [-0.2, 0) is 4.74 Å². The first-order valence-corrected chi connectivity index (χ1v) is 2.44. The van der Waals surface area contributed by atoms with Gasteiger partial charge in [0.15, 0.2) is 5.56 Å². The molecule has 0 heterocycles. The molecular weight excluding hydrogens is 153 g/mol. The molecule has 0 aromatic carbocycles. The van der Waals surface area contributed by atoms with Gasteiger partial charge in [0.05, 0.1) is 0 Å². The lowest BCUT2D eigenvalue weighted by Crippen LogP contribution is -1.99. The largest absolute Gasteiger partial charge is 0.434 e. The molecule has 0 aromatic heterocycles. The highest BCUT2D eigenvalue weighted by atomic mass is 35.5. The Morgan fingerprint density at radius 2 is 2.12 bits per heavy atom. The lowest BCUT2D eigenvalue weighted by Gasteiger charge is -1.97. The van der Waals surface area contributed by atoms with E-state index in [0.29, 0.717) is 0 Å². The number of ether oxygens (including phenoxy) is 1. The molecule has 0 aromatic rings. The highest BCUT2D eigenvalue weighted by molar-refractivity contribution is 6.61. The number of hydrogen-bond donors (Lipinski definition) is 1. The van der Waals surface area contributed by atoms with Crippen LogP contribution in [0.1, 0.15) is 6.92 Å². The van der Waals surface area contributed by atoms with E-state index in [9.17, 15) is 4.79 Å². The minimum absolute atomic E-state index is 0. The SMILES string of the molecule is CC(Cl)OC(=O)Cl.N. The van der Waals surface area contributed by atoms with E-state index in [2.05, 4.69) is 4.74 Å². The maximum atomic E-state index is 9.71. The summed E-state index contributed by atoms with van der Waals surface area (Å²) in [4.78, 5) is 9.71. The minimum atomic E-state index is -0.873. The molecule has 0 amide bonds. The summed E-state index contributed by atoms with van der Waals surface area (Å²) in [5.74, 6) is 0. The molecule has 0 aliphatic heterocycles. The van der Waals surface area contributed by atoms with Crippen LogP contribution in [0.3, 0.4) is 0 Å². The van der Waals surface area contributed by atoms with Gasteiger partial charge in [-0.15, -0.1) is 0 Å². The maximum Gasteiger partial charge on any atom is 0.405 e. The van der Waals surface area contributed by atoms with E-state index >= 15 is 0 Å². The van der Waals surface area contributed by atoms with E-state index in [0.717, 1.165) is 0 Å². The second kappa shape index (κ2) is 5.15. The summed E-state index contributed by atoms with van der Waals surface area (Å²) in [6.07, 6.45) is 0. The van der Waals surface area contributed by atoms with Crippen molar-refractivity contribution in [3.05, 3.63) is 0 Å². The van der Waals surface area contributed by atoms with Gasteiger partial charge in [-0.3, -0.25) is 0 Å². The molecule has 0 aliphatic rings. The Hall–Kier alpha value is 0.01000. The number of carbonyl (C=O) groups is 1. The van der Waals surface area contributed by atoms with Gasteiger partial charge >= 0.3 is 5.43 Å². The summed E-state index contributed by atoms with van der Waals surface area (Å²) in [6.45, 7) is 1.50. The van der Waals surface area contributed by atoms with Crippen LogP contribution < -0.4 is 6.15 Å². The molecule has 0 radical (unpaired) electrons. The summed E-state index contributed by atoms with van der Waals surface area (Å²) in [5.41, 5.74) is -1.51. The molecule has 0 fully saturated rings. The number of carbonyl (C=O) groups excluding carboxylic acids is 1. The Kier molecular flexibility index (Phi) is 7.02. The Bertz CT molecular complexity index is 75.7. The van der Waals surface area contributed by atoms with Crippen LogP contribution in [0.4, 0.5) is 4.79 Å². The number of alkyl halides is 1. The summed E-state index contributed by atoms with van der Waals surface area (Å²) in [5, 5.41) is 0. The van der Waals surface area contributed by atoms with Gasteiger partial charge in [0.1, 0.15) is 0 Å². The van der Waals surface area contributed by atoms with E-state index in [1.165, 1.54) is 6.92 Å². The Morgan fingerprint density at radius 1 is 1.75 bits per heavy atom. The van der Waals surface area contributed by atoms with Crippen LogP contribution in [0, 0.1) is 0 Å². The highest BCUT2D eigenvalue weighted by Crippen LogP contribution is 1.98. The molecule has 3 N–H and O–H groups in total. The fraction of sp³-hybridized carbons (Fsp3) is 0.667. The molecule has 5 heteroatoms. The van der Waals surface area contributed by atoms with Crippen molar-refractivity contribution >= 4 is 28.6 Å². The van der Waals surface area contributed by atoms with Gasteiger partial charge < -0.3 is 10.9 Å². The molecule has 0 rings (SSSR count). The number of hydrogen-bond acceptors (Lipinski definition) is 3. The van der Waals surface area contributed by atoms with E-state index in [-0.39, 0.29) is 6.15 Å². The third kappa shape index (κ3) is 9.38. The van der Waals surface area contributed by atoms with Crippen molar-refractivity contribution in [3.63, 3.8) is 0 Å². The Morgan fingerprint density at radius 3 is 2.12 bits per heavy atom.